The van der Waals surface area contributed by atoms with Gasteiger partial charge in [0.25, 0.3) is 0 Å². The molecule has 1 heterocycles. The van der Waals surface area contributed by atoms with Crippen LogP contribution in [0.5, 0.6) is 0 Å². The zero-order valence-corrected chi connectivity index (χ0v) is 22.7. The van der Waals surface area contributed by atoms with Gasteiger partial charge in [-0.15, -0.1) is 0 Å². The first-order valence-electron chi connectivity index (χ1n) is 11.9. The SMILES string of the molecule is CC(C)(C)OC(=O)NCc1ccc(NC(=O)NCc2cc(C(C)(C)C)nn2-c2cccc(Cl)c2)cc1F. The minimum absolute atomic E-state index is 0.0448. The number of anilines is 1. The van der Waals surface area contributed by atoms with Crippen LogP contribution in [0.1, 0.15) is 58.5 Å². The van der Waals surface area contributed by atoms with Crippen molar-refractivity contribution in [3.63, 3.8) is 0 Å². The minimum atomic E-state index is -0.649. The van der Waals surface area contributed by atoms with Crippen LogP contribution < -0.4 is 16.0 Å². The van der Waals surface area contributed by atoms with Gasteiger partial charge in [0.15, 0.2) is 0 Å². The number of benzene rings is 2. The first kappa shape index (κ1) is 28.0. The van der Waals surface area contributed by atoms with Gasteiger partial charge in [0, 0.05) is 28.2 Å². The van der Waals surface area contributed by atoms with E-state index in [1.807, 2.05) is 18.2 Å². The lowest BCUT2D eigenvalue weighted by Gasteiger charge is -2.19. The highest BCUT2D eigenvalue weighted by Crippen LogP contribution is 2.25. The highest BCUT2D eigenvalue weighted by molar-refractivity contribution is 6.30. The van der Waals surface area contributed by atoms with Gasteiger partial charge >= 0.3 is 12.1 Å². The molecule has 1 aromatic heterocycles. The summed E-state index contributed by atoms with van der Waals surface area (Å²) in [5.41, 5.74) is 2.09. The Morgan fingerprint density at radius 3 is 2.35 bits per heavy atom. The Labute approximate surface area is 221 Å². The molecule has 0 spiro atoms. The minimum Gasteiger partial charge on any atom is -0.444 e. The zero-order valence-electron chi connectivity index (χ0n) is 21.9. The van der Waals surface area contributed by atoms with E-state index in [9.17, 15) is 14.0 Å². The summed E-state index contributed by atoms with van der Waals surface area (Å²) in [6.07, 6.45) is -0.639. The Morgan fingerprint density at radius 2 is 1.73 bits per heavy atom. The number of ether oxygens (including phenoxy) is 1. The molecule has 0 bridgehead atoms. The fraction of sp³-hybridized carbons (Fsp3) is 0.370. The summed E-state index contributed by atoms with van der Waals surface area (Å²) in [6, 6.07) is 13.0. The molecule has 3 amide bonds. The number of carbonyl (C=O) groups excluding carboxylic acids is 2. The number of urea groups is 1. The molecule has 3 N–H and O–H groups in total. The van der Waals surface area contributed by atoms with E-state index in [0.29, 0.717) is 5.02 Å². The quantitative estimate of drug-likeness (QED) is 0.348. The lowest BCUT2D eigenvalue weighted by molar-refractivity contribution is 0.0523. The number of aromatic nitrogens is 2. The van der Waals surface area contributed by atoms with Gasteiger partial charge in [-0.25, -0.2) is 18.7 Å². The summed E-state index contributed by atoms with van der Waals surface area (Å²) < 4.78 is 21.4. The number of nitrogens with zero attached hydrogens (tertiary/aromatic N) is 2. The normalized spacial score (nSPS) is 11.7. The van der Waals surface area contributed by atoms with E-state index in [4.69, 9.17) is 21.4 Å². The van der Waals surface area contributed by atoms with Crippen molar-refractivity contribution in [1.82, 2.24) is 20.4 Å². The molecule has 0 unspecified atom stereocenters. The molecular weight excluding hydrogens is 497 g/mol. The summed E-state index contributed by atoms with van der Waals surface area (Å²) in [4.78, 5) is 24.4. The molecule has 0 atom stereocenters. The molecule has 8 nitrogen and oxygen atoms in total. The van der Waals surface area contributed by atoms with Crippen molar-refractivity contribution in [1.29, 1.82) is 0 Å². The topological polar surface area (TPSA) is 97.3 Å². The monoisotopic (exact) mass is 529 g/mol. The standard InChI is InChI=1S/C27H33ClFN5O3/c1-26(2,3)23-14-21(34(33-23)20-9-7-8-18(28)12-20)16-30-24(35)32-19-11-10-17(22(29)13-19)15-31-25(36)37-27(4,5)6/h7-14H,15-16H2,1-6H3,(H,31,36)(H2,30,32,35). The van der Waals surface area contributed by atoms with Crippen LogP contribution in [-0.4, -0.2) is 27.5 Å². The number of nitrogens with one attached hydrogen (secondary N) is 3. The molecule has 0 saturated carbocycles. The van der Waals surface area contributed by atoms with Crippen molar-refractivity contribution in [3.8, 4) is 5.69 Å². The van der Waals surface area contributed by atoms with E-state index in [1.165, 1.54) is 12.1 Å². The van der Waals surface area contributed by atoms with Gasteiger partial charge < -0.3 is 20.7 Å². The average molecular weight is 530 g/mol. The molecule has 2 aromatic carbocycles. The van der Waals surface area contributed by atoms with E-state index in [0.717, 1.165) is 17.1 Å². The second-order valence-electron chi connectivity index (χ2n) is 10.6. The molecule has 198 valence electrons. The number of carbonyl (C=O) groups is 2. The van der Waals surface area contributed by atoms with Crippen molar-refractivity contribution >= 4 is 29.4 Å². The van der Waals surface area contributed by atoms with Crippen LogP contribution in [0.3, 0.4) is 0 Å². The predicted octanol–water partition coefficient (Wildman–Crippen LogP) is 6.31. The van der Waals surface area contributed by atoms with E-state index in [1.54, 1.807) is 43.7 Å². The lowest BCUT2D eigenvalue weighted by atomic mass is 9.92. The van der Waals surface area contributed by atoms with Crippen molar-refractivity contribution in [2.75, 3.05) is 5.32 Å². The fourth-order valence-corrected chi connectivity index (χ4v) is 3.52. The average Bonchev–Trinajstić information content (AvgIpc) is 3.21. The van der Waals surface area contributed by atoms with Gasteiger partial charge in [0.2, 0.25) is 0 Å². The van der Waals surface area contributed by atoms with Gasteiger partial charge in [-0.3, -0.25) is 0 Å². The maximum Gasteiger partial charge on any atom is 0.407 e. The second-order valence-corrected chi connectivity index (χ2v) is 11.1. The Balaban J connectivity index is 1.64. The van der Waals surface area contributed by atoms with Gasteiger partial charge in [0.1, 0.15) is 11.4 Å². The zero-order chi connectivity index (χ0) is 27.4. The summed E-state index contributed by atoms with van der Waals surface area (Å²) in [5.74, 6) is -0.567. The Morgan fingerprint density at radius 1 is 1.00 bits per heavy atom. The third kappa shape index (κ3) is 8.21. The highest BCUT2D eigenvalue weighted by Gasteiger charge is 2.21. The summed E-state index contributed by atoms with van der Waals surface area (Å²) >= 11 is 6.17. The van der Waals surface area contributed by atoms with Crippen LogP contribution in [0.25, 0.3) is 5.69 Å². The highest BCUT2D eigenvalue weighted by atomic mass is 35.5. The molecule has 3 rings (SSSR count). The first-order valence-corrected chi connectivity index (χ1v) is 12.2. The molecule has 0 radical (unpaired) electrons. The van der Waals surface area contributed by atoms with Gasteiger partial charge in [-0.1, -0.05) is 44.5 Å². The maximum absolute atomic E-state index is 14.5. The first-order chi connectivity index (χ1) is 17.2. The molecule has 0 fully saturated rings. The summed E-state index contributed by atoms with van der Waals surface area (Å²) in [5, 5.41) is 13.2. The molecule has 0 aliphatic carbocycles. The van der Waals surface area contributed by atoms with E-state index < -0.39 is 23.5 Å². The third-order valence-electron chi connectivity index (χ3n) is 5.17. The molecule has 37 heavy (non-hydrogen) atoms. The number of amides is 3. The van der Waals surface area contributed by atoms with E-state index >= 15 is 0 Å². The molecule has 0 saturated heterocycles. The van der Waals surface area contributed by atoms with Crippen molar-refractivity contribution in [3.05, 3.63) is 76.3 Å². The predicted molar refractivity (Wildman–Crippen MR) is 143 cm³/mol. The van der Waals surface area contributed by atoms with Crippen molar-refractivity contribution in [2.24, 2.45) is 0 Å². The molecular formula is C27H33ClFN5O3. The Bertz CT molecular complexity index is 1280. The van der Waals surface area contributed by atoms with E-state index in [2.05, 4.69) is 36.7 Å². The van der Waals surface area contributed by atoms with Gasteiger partial charge in [-0.05, 0) is 57.2 Å². The van der Waals surface area contributed by atoms with Crippen LogP contribution in [0, 0.1) is 5.82 Å². The molecule has 0 aliphatic rings. The van der Waals surface area contributed by atoms with Crippen LogP contribution in [0.4, 0.5) is 19.7 Å². The van der Waals surface area contributed by atoms with Crippen molar-refractivity contribution in [2.45, 2.75) is 65.6 Å². The van der Waals surface area contributed by atoms with Crippen LogP contribution >= 0.6 is 11.6 Å². The fourth-order valence-electron chi connectivity index (χ4n) is 3.34. The van der Waals surface area contributed by atoms with Crippen molar-refractivity contribution < 1.29 is 18.7 Å². The summed E-state index contributed by atoms with van der Waals surface area (Å²) in [7, 11) is 0. The number of halogens is 2. The molecule has 0 aliphatic heterocycles. The molecule has 10 heteroatoms. The Hall–Kier alpha value is -3.59. The maximum atomic E-state index is 14.5. The smallest absolute Gasteiger partial charge is 0.407 e. The number of alkyl carbamates (subject to hydrolysis) is 1. The number of rotatable bonds is 6. The van der Waals surface area contributed by atoms with E-state index in [-0.39, 0.29) is 29.8 Å². The Kier molecular flexibility index (Phi) is 8.48. The largest absolute Gasteiger partial charge is 0.444 e. The summed E-state index contributed by atoms with van der Waals surface area (Å²) in [6.45, 7) is 11.5. The lowest BCUT2D eigenvalue weighted by Crippen LogP contribution is -2.32. The second kappa shape index (κ2) is 11.2. The number of hydrogen-bond acceptors (Lipinski definition) is 4. The molecule has 3 aromatic rings. The van der Waals surface area contributed by atoms with Crippen LogP contribution in [-0.2, 0) is 23.2 Å². The van der Waals surface area contributed by atoms with Gasteiger partial charge in [0.05, 0.1) is 23.6 Å². The third-order valence-corrected chi connectivity index (χ3v) is 5.40. The van der Waals surface area contributed by atoms with Gasteiger partial charge in [-0.2, -0.15) is 5.10 Å². The van der Waals surface area contributed by atoms with Crippen LogP contribution in [0.2, 0.25) is 5.02 Å². The number of hydrogen-bond donors (Lipinski definition) is 3. The van der Waals surface area contributed by atoms with Crippen LogP contribution in [0.15, 0.2) is 48.5 Å².